The van der Waals surface area contributed by atoms with Gasteiger partial charge in [0.25, 0.3) is 0 Å². The van der Waals surface area contributed by atoms with Gasteiger partial charge in [-0.3, -0.25) is 4.79 Å². The molecule has 0 aliphatic heterocycles. The van der Waals surface area contributed by atoms with E-state index in [1.165, 1.54) is 5.19 Å². The Morgan fingerprint density at radius 3 is 2.36 bits per heavy atom. The molecular weight excluding hydrogens is 190 g/mol. The van der Waals surface area contributed by atoms with Crippen LogP contribution in [0.25, 0.3) is 0 Å². The predicted octanol–water partition coefficient (Wildman–Crippen LogP) is 1.28. The number of carbonyl (C=O) groups is 1. The molecule has 2 nitrogen and oxygen atoms in total. The van der Waals surface area contributed by atoms with E-state index in [9.17, 15) is 4.79 Å². The van der Waals surface area contributed by atoms with Crippen molar-refractivity contribution in [3.8, 4) is 0 Å². The molecule has 0 unspecified atom stereocenters. The first-order valence-corrected chi connectivity index (χ1v) is 8.03. The van der Waals surface area contributed by atoms with Gasteiger partial charge in [-0.1, -0.05) is 48.6 Å². The summed E-state index contributed by atoms with van der Waals surface area (Å²) in [6.45, 7) is 6.09. The van der Waals surface area contributed by atoms with Gasteiger partial charge in [-0.2, -0.15) is 0 Å². The fourth-order valence-corrected chi connectivity index (χ4v) is 3.33. The zero-order valence-electron chi connectivity index (χ0n) is 9.00. The number of carbonyl (C=O) groups excluding carboxylic acids is 1. The van der Waals surface area contributed by atoms with Gasteiger partial charge >= 0.3 is 0 Å². The Bertz CT molecular complexity index is 308. The average Bonchev–Trinajstić information content (AvgIpc) is 2.16. The zero-order chi connectivity index (χ0) is 10.6. The van der Waals surface area contributed by atoms with Crippen LogP contribution >= 0.6 is 0 Å². The standard InChI is InChI=1S/C11H17NOSi/c1-10(13)12-9-14(2,3)11-7-5-4-6-8-11/h4-8H,9H2,1-3H3,(H,12,13). The smallest absolute Gasteiger partial charge is 0.216 e. The molecule has 0 saturated carbocycles. The van der Waals surface area contributed by atoms with Gasteiger partial charge in [-0.25, -0.2) is 0 Å². The maximum absolute atomic E-state index is 10.8. The van der Waals surface area contributed by atoms with E-state index in [1.807, 2.05) is 6.07 Å². The summed E-state index contributed by atoms with van der Waals surface area (Å²) in [6, 6.07) is 10.4. The Kier molecular flexibility index (Phi) is 3.47. The number of nitrogens with one attached hydrogen (secondary N) is 1. The Hall–Kier alpha value is -1.09. The van der Waals surface area contributed by atoms with E-state index in [2.05, 4.69) is 42.7 Å². The van der Waals surface area contributed by atoms with Gasteiger partial charge in [0.15, 0.2) is 0 Å². The molecule has 14 heavy (non-hydrogen) atoms. The molecule has 0 heterocycles. The van der Waals surface area contributed by atoms with E-state index in [-0.39, 0.29) is 5.91 Å². The molecule has 1 amide bonds. The number of benzene rings is 1. The summed E-state index contributed by atoms with van der Waals surface area (Å²) in [4.78, 5) is 10.8. The summed E-state index contributed by atoms with van der Waals surface area (Å²) >= 11 is 0. The quantitative estimate of drug-likeness (QED) is 0.743. The fraction of sp³-hybridized carbons (Fsp3) is 0.364. The van der Waals surface area contributed by atoms with Crippen LogP contribution in [-0.2, 0) is 4.79 Å². The van der Waals surface area contributed by atoms with Gasteiger partial charge in [0, 0.05) is 13.1 Å². The van der Waals surface area contributed by atoms with Crippen molar-refractivity contribution >= 4 is 19.2 Å². The monoisotopic (exact) mass is 207 g/mol. The summed E-state index contributed by atoms with van der Waals surface area (Å²) < 4.78 is 0. The molecule has 3 heteroatoms. The lowest BCUT2D eigenvalue weighted by Crippen LogP contribution is -2.51. The van der Waals surface area contributed by atoms with E-state index >= 15 is 0 Å². The van der Waals surface area contributed by atoms with Gasteiger partial charge in [-0.15, -0.1) is 0 Å². The second-order valence-corrected chi connectivity index (χ2v) is 8.86. The second kappa shape index (κ2) is 4.42. The third kappa shape index (κ3) is 2.99. The third-order valence-electron chi connectivity index (χ3n) is 2.33. The van der Waals surface area contributed by atoms with Crippen LogP contribution < -0.4 is 10.5 Å². The summed E-state index contributed by atoms with van der Waals surface area (Å²) in [5.74, 6) is 0.0570. The first-order chi connectivity index (χ1) is 6.52. The molecule has 0 fully saturated rings. The highest BCUT2D eigenvalue weighted by Crippen LogP contribution is 2.01. The fourth-order valence-electron chi connectivity index (χ4n) is 1.34. The van der Waals surface area contributed by atoms with Crippen molar-refractivity contribution in [2.75, 3.05) is 6.17 Å². The van der Waals surface area contributed by atoms with Crippen LogP contribution in [-0.4, -0.2) is 20.1 Å². The second-order valence-electron chi connectivity index (χ2n) is 4.16. The lowest BCUT2D eigenvalue weighted by Gasteiger charge is -2.22. The van der Waals surface area contributed by atoms with Gasteiger partial charge < -0.3 is 5.32 Å². The lowest BCUT2D eigenvalue weighted by atomic mass is 10.4. The first kappa shape index (κ1) is 11.0. The van der Waals surface area contributed by atoms with E-state index in [4.69, 9.17) is 0 Å². The van der Waals surface area contributed by atoms with Crippen LogP contribution in [0.4, 0.5) is 0 Å². The molecule has 1 aromatic rings. The minimum Gasteiger partial charge on any atom is -0.359 e. The zero-order valence-corrected chi connectivity index (χ0v) is 10.0. The van der Waals surface area contributed by atoms with Gasteiger partial charge in [-0.05, 0) is 0 Å². The Labute approximate surface area is 86.3 Å². The van der Waals surface area contributed by atoms with Gasteiger partial charge in [0.05, 0.1) is 0 Å². The number of amides is 1. The van der Waals surface area contributed by atoms with Crippen LogP contribution in [0, 0.1) is 0 Å². The molecule has 1 N–H and O–H groups in total. The molecule has 0 saturated heterocycles. The Morgan fingerprint density at radius 1 is 1.29 bits per heavy atom. The highest BCUT2D eigenvalue weighted by Gasteiger charge is 2.22. The van der Waals surface area contributed by atoms with Crippen molar-refractivity contribution in [3.63, 3.8) is 0 Å². The van der Waals surface area contributed by atoms with Crippen molar-refractivity contribution in [1.29, 1.82) is 0 Å². The highest BCUT2D eigenvalue weighted by molar-refractivity contribution is 6.90. The van der Waals surface area contributed by atoms with E-state index in [0.717, 1.165) is 6.17 Å². The molecular formula is C11H17NOSi. The number of hydrogen-bond acceptors (Lipinski definition) is 1. The number of hydrogen-bond donors (Lipinski definition) is 1. The molecule has 0 aliphatic rings. The lowest BCUT2D eigenvalue weighted by molar-refractivity contribution is -0.118. The molecule has 76 valence electrons. The van der Waals surface area contributed by atoms with Crippen LogP contribution in [0.15, 0.2) is 30.3 Å². The Morgan fingerprint density at radius 2 is 1.86 bits per heavy atom. The molecule has 0 aromatic heterocycles. The minimum absolute atomic E-state index is 0.0570. The average molecular weight is 207 g/mol. The number of rotatable bonds is 3. The summed E-state index contributed by atoms with van der Waals surface area (Å²) in [5.41, 5.74) is 0. The highest BCUT2D eigenvalue weighted by atomic mass is 28.3. The third-order valence-corrected chi connectivity index (χ3v) is 5.29. The molecule has 0 aliphatic carbocycles. The Balaban J connectivity index is 2.70. The normalized spacial score (nSPS) is 11.1. The van der Waals surface area contributed by atoms with E-state index in [1.54, 1.807) is 6.92 Å². The maximum atomic E-state index is 10.8. The molecule has 0 atom stereocenters. The van der Waals surface area contributed by atoms with Crippen molar-refractivity contribution in [2.45, 2.75) is 20.0 Å². The van der Waals surface area contributed by atoms with Crippen LogP contribution in [0.5, 0.6) is 0 Å². The van der Waals surface area contributed by atoms with Crippen LogP contribution in [0.2, 0.25) is 13.1 Å². The van der Waals surface area contributed by atoms with Crippen LogP contribution in [0.3, 0.4) is 0 Å². The van der Waals surface area contributed by atoms with E-state index < -0.39 is 8.07 Å². The SMILES string of the molecule is CC(=O)NC[Si](C)(C)c1ccccc1. The largest absolute Gasteiger partial charge is 0.359 e. The van der Waals surface area contributed by atoms with Gasteiger partial charge in [0.2, 0.25) is 5.91 Å². The topological polar surface area (TPSA) is 29.1 Å². The van der Waals surface area contributed by atoms with Crippen molar-refractivity contribution in [3.05, 3.63) is 30.3 Å². The van der Waals surface area contributed by atoms with Crippen LogP contribution in [0.1, 0.15) is 6.92 Å². The van der Waals surface area contributed by atoms with Gasteiger partial charge in [0.1, 0.15) is 8.07 Å². The predicted molar refractivity (Wildman–Crippen MR) is 62.2 cm³/mol. The summed E-state index contributed by atoms with van der Waals surface area (Å²) in [5, 5.41) is 4.29. The van der Waals surface area contributed by atoms with Crippen molar-refractivity contribution < 1.29 is 4.79 Å². The molecule has 0 radical (unpaired) electrons. The van der Waals surface area contributed by atoms with E-state index in [0.29, 0.717) is 0 Å². The molecule has 0 bridgehead atoms. The summed E-state index contributed by atoms with van der Waals surface area (Å²) in [7, 11) is -1.47. The van der Waals surface area contributed by atoms with Crippen molar-refractivity contribution in [2.24, 2.45) is 0 Å². The molecule has 0 spiro atoms. The summed E-state index contributed by atoms with van der Waals surface area (Å²) in [6.07, 6.45) is 0.812. The minimum atomic E-state index is -1.47. The maximum Gasteiger partial charge on any atom is 0.216 e. The molecule has 1 rings (SSSR count). The first-order valence-electron chi connectivity index (χ1n) is 4.82. The molecule has 1 aromatic carbocycles. The van der Waals surface area contributed by atoms with Crippen molar-refractivity contribution in [1.82, 2.24) is 5.32 Å².